The summed E-state index contributed by atoms with van der Waals surface area (Å²) >= 11 is 0. The molecule has 0 saturated carbocycles. The van der Waals surface area contributed by atoms with Gasteiger partial charge >= 0.3 is 0 Å². The van der Waals surface area contributed by atoms with Crippen LogP contribution in [0.3, 0.4) is 0 Å². The van der Waals surface area contributed by atoms with E-state index in [9.17, 15) is 9.18 Å². The van der Waals surface area contributed by atoms with Crippen LogP contribution in [0.2, 0.25) is 0 Å². The number of nitrogens with zero attached hydrogens (tertiary/aromatic N) is 3. The third kappa shape index (κ3) is 6.57. The lowest BCUT2D eigenvalue weighted by atomic mass is 10.0. The second-order valence-corrected chi connectivity index (χ2v) is 7.74. The van der Waals surface area contributed by atoms with Crippen molar-refractivity contribution in [2.75, 3.05) is 45.8 Å². The van der Waals surface area contributed by atoms with Crippen LogP contribution in [0, 0.1) is 19.7 Å². The summed E-state index contributed by atoms with van der Waals surface area (Å²) in [4.78, 5) is 23.4. The molecule has 0 fully saturated rings. The van der Waals surface area contributed by atoms with Crippen LogP contribution in [0.4, 0.5) is 10.1 Å². The van der Waals surface area contributed by atoms with Gasteiger partial charge in [0.1, 0.15) is 24.5 Å². The molecular formula is C25H29FN4O3. The third-order valence-corrected chi connectivity index (χ3v) is 5.25. The highest BCUT2D eigenvalue weighted by atomic mass is 19.1. The highest BCUT2D eigenvalue weighted by Gasteiger charge is 2.16. The number of methoxy groups -OCH3 is 1. The maximum absolute atomic E-state index is 13.2. The Balaban J connectivity index is 1.85. The first-order valence-corrected chi connectivity index (χ1v) is 10.7. The number of anilines is 1. The van der Waals surface area contributed by atoms with E-state index < -0.39 is 5.82 Å². The number of carbonyl (C=O) groups is 1. The number of amides is 1. The number of hydrogen-bond acceptors (Lipinski definition) is 6. The van der Waals surface area contributed by atoms with Crippen molar-refractivity contribution >= 4 is 11.6 Å². The Bertz CT molecular complexity index is 1070. The van der Waals surface area contributed by atoms with Crippen molar-refractivity contribution < 1.29 is 18.7 Å². The lowest BCUT2D eigenvalue weighted by Crippen LogP contribution is -2.27. The summed E-state index contributed by atoms with van der Waals surface area (Å²) in [5.41, 5.74) is 4.23. The van der Waals surface area contributed by atoms with Gasteiger partial charge in [-0.3, -0.25) is 4.79 Å². The van der Waals surface area contributed by atoms with Crippen LogP contribution >= 0.6 is 0 Å². The summed E-state index contributed by atoms with van der Waals surface area (Å²) in [5.74, 6) is -0.0405. The Morgan fingerprint density at radius 2 is 1.70 bits per heavy atom. The number of aromatic nitrogens is 2. The van der Waals surface area contributed by atoms with Gasteiger partial charge in [-0.15, -0.1) is 0 Å². The number of benzene rings is 2. The predicted octanol–water partition coefficient (Wildman–Crippen LogP) is 4.11. The molecule has 3 rings (SSSR count). The second kappa shape index (κ2) is 11.5. The van der Waals surface area contributed by atoms with E-state index in [0.717, 1.165) is 35.6 Å². The topological polar surface area (TPSA) is 76.6 Å². The maximum atomic E-state index is 13.2. The molecule has 3 aromatic rings. The highest BCUT2D eigenvalue weighted by molar-refractivity contribution is 6.04. The molecule has 8 heteroatoms. The average molecular weight is 453 g/mol. The monoisotopic (exact) mass is 452 g/mol. The van der Waals surface area contributed by atoms with Gasteiger partial charge in [-0.1, -0.05) is 0 Å². The minimum atomic E-state index is -0.391. The van der Waals surface area contributed by atoms with Gasteiger partial charge in [-0.2, -0.15) is 0 Å². The number of likely N-dealkylation sites (N-methyl/N-ethyl adjacent to an activating group) is 1. The number of rotatable bonds is 10. The third-order valence-electron chi connectivity index (χ3n) is 5.25. The molecule has 0 radical (unpaired) electrons. The van der Waals surface area contributed by atoms with E-state index >= 15 is 0 Å². The molecule has 0 aliphatic carbocycles. The van der Waals surface area contributed by atoms with E-state index in [1.54, 1.807) is 13.2 Å². The molecule has 0 aliphatic heterocycles. The summed E-state index contributed by atoms with van der Waals surface area (Å²) in [6.45, 7) is 6.51. The Labute approximate surface area is 193 Å². The first-order chi connectivity index (χ1) is 15.9. The zero-order valence-electron chi connectivity index (χ0n) is 19.4. The standard InChI is InChI=1S/C25H29FN4O3/c1-17-24(18(2)28-16-27-17)22-15-21(29-25(31)19-5-7-20(26)8-6-19)9-10-23(22)33-14-12-30(3)11-13-32-4/h5-10,15-16H,11-14H2,1-4H3,(H,29,31). The van der Waals surface area contributed by atoms with Crippen molar-refractivity contribution in [2.24, 2.45) is 0 Å². The molecule has 1 aromatic heterocycles. The molecule has 1 heterocycles. The fraction of sp³-hybridized carbons (Fsp3) is 0.320. The van der Waals surface area contributed by atoms with E-state index in [1.807, 2.05) is 33.0 Å². The summed E-state index contributed by atoms with van der Waals surface area (Å²) in [7, 11) is 3.69. The van der Waals surface area contributed by atoms with Gasteiger partial charge in [-0.05, 0) is 63.4 Å². The van der Waals surface area contributed by atoms with E-state index in [2.05, 4.69) is 20.2 Å². The zero-order valence-corrected chi connectivity index (χ0v) is 19.4. The van der Waals surface area contributed by atoms with Gasteiger partial charge in [0, 0.05) is 54.0 Å². The van der Waals surface area contributed by atoms with Crippen LogP contribution in [0.1, 0.15) is 21.7 Å². The van der Waals surface area contributed by atoms with Crippen LogP contribution < -0.4 is 10.1 Å². The number of halogens is 1. The highest BCUT2D eigenvalue weighted by Crippen LogP contribution is 2.35. The van der Waals surface area contributed by atoms with E-state index in [1.165, 1.54) is 30.6 Å². The lowest BCUT2D eigenvalue weighted by molar-refractivity contribution is 0.102. The average Bonchev–Trinajstić information content (AvgIpc) is 2.79. The molecule has 0 atom stereocenters. The molecule has 0 bridgehead atoms. The number of hydrogen-bond donors (Lipinski definition) is 1. The van der Waals surface area contributed by atoms with Gasteiger partial charge in [0.15, 0.2) is 0 Å². The van der Waals surface area contributed by atoms with Crippen molar-refractivity contribution in [1.82, 2.24) is 14.9 Å². The minimum absolute atomic E-state index is 0.327. The molecule has 0 spiro atoms. The number of carbonyl (C=O) groups excluding carboxylic acids is 1. The maximum Gasteiger partial charge on any atom is 0.255 e. The first-order valence-electron chi connectivity index (χ1n) is 10.7. The molecule has 33 heavy (non-hydrogen) atoms. The van der Waals surface area contributed by atoms with E-state index in [-0.39, 0.29) is 5.91 Å². The fourth-order valence-corrected chi connectivity index (χ4v) is 3.39. The largest absolute Gasteiger partial charge is 0.492 e. The van der Waals surface area contributed by atoms with Crippen LogP contribution in [0.25, 0.3) is 11.1 Å². The van der Waals surface area contributed by atoms with Gasteiger partial charge in [0.25, 0.3) is 5.91 Å². The van der Waals surface area contributed by atoms with E-state index in [4.69, 9.17) is 9.47 Å². The molecule has 7 nitrogen and oxygen atoms in total. The van der Waals surface area contributed by atoms with Crippen molar-refractivity contribution in [2.45, 2.75) is 13.8 Å². The summed E-state index contributed by atoms with van der Waals surface area (Å²) in [5, 5.41) is 2.87. The van der Waals surface area contributed by atoms with Crippen LogP contribution in [0.5, 0.6) is 5.75 Å². The molecule has 1 amide bonds. The van der Waals surface area contributed by atoms with Gasteiger partial charge < -0.3 is 19.7 Å². The van der Waals surface area contributed by atoms with Crippen LogP contribution in [0.15, 0.2) is 48.8 Å². The van der Waals surface area contributed by atoms with Gasteiger partial charge in [0.2, 0.25) is 0 Å². The van der Waals surface area contributed by atoms with Gasteiger partial charge in [-0.25, -0.2) is 14.4 Å². The molecule has 0 saturated heterocycles. The van der Waals surface area contributed by atoms with Crippen LogP contribution in [-0.2, 0) is 4.74 Å². The summed E-state index contributed by atoms with van der Waals surface area (Å²) < 4.78 is 24.4. The normalized spacial score (nSPS) is 11.0. The predicted molar refractivity (Wildman–Crippen MR) is 126 cm³/mol. The molecule has 0 unspecified atom stereocenters. The second-order valence-electron chi connectivity index (χ2n) is 7.74. The number of aryl methyl sites for hydroxylation is 2. The van der Waals surface area contributed by atoms with Crippen molar-refractivity contribution in [1.29, 1.82) is 0 Å². The number of nitrogens with one attached hydrogen (secondary N) is 1. The quantitative estimate of drug-likeness (QED) is 0.499. The van der Waals surface area contributed by atoms with E-state index in [0.29, 0.717) is 30.2 Å². The Morgan fingerprint density at radius 3 is 2.36 bits per heavy atom. The zero-order chi connectivity index (χ0) is 23.8. The van der Waals surface area contributed by atoms with Crippen molar-refractivity contribution in [3.63, 3.8) is 0 Å². The van der Waals surface area contributed by atoms with Crippen molar-refractivity contribution in [3.8, 4) is 16.9 Å². The molecule has 0 aliphatic rings. The Kier molecular flexibility index (Phi) is 8.46. The first kappa shape index (κ1) is 24.3. The molecule has 174 valence electrons. The lowest BCUT2D eigenvalue weighted by Gasteiger charge is -2.19. The SMILES string of the molecule is COCCN(C)CCOc1ccc(NC(=O)c2ccc(F)cc2)cc1-c1c(C)ncnc1C. The van der Waals surface area contributed by atoms with Gasteiger partial charge in [0.05, 0.1) is 6.61 Å². The Hall–Kier alpha value is -3.36. The number of ether oxygens (including phenoxy) is 2. The van der Waals surface area contributed by atoms with Crippen LogP contribution in [-0.4, -0.2) is 61.2 Å². The molecule has 1 N–H and O–H groups in total. The smallest absolute Gasteiger partial charge is 0.255 e. The Morgan fingerprint density at radius 1 is 1.03 bits per heavy atom. The molecule has 2 aromatic carbocycles. The fourth-order valence-electron chi connectivity index (χ4n) is 3.39. The summed E-state index contributed by atoms with van der Waals surface area (Å²) in [6, 6.07) is 10.9. The summed E-state index contributed by atoms with van der Waals surface area (Å²) in [6.07, 6.45) is 1.53. The molecular weight excluding hydrogens is 423 g/mol. The minimum Gasteiger partial charge on any atom is -0.492 e. The van der Waals surface area contributed by atoms with Crippen molar-refractivity contribution in [3.05, 3.63) is 71.6 Å².